The monoisotopic (exact) mass is 344 g/mol. The van der Waals surface area contributed by atoms with Crippen LogP contribution in [0.3, 0.4) is 0 Å². The molecule has 0 aliphatic heterocycles. The van der Waals surface area contributed by atoms with E-state index in [1.165, 1.54) is 5.56 Å². The van der Waals surface area contributed by atoms with Crippen molar-refractivity contribution in [3.05, 3.63) is 58.1 Å². The van der Waals surface area contributed by atoms with Crippen LogP contribution in [0.2, 0.25) is 0 Å². The number of hydrogen-bond acceptors (Lipinski definition) is 3. The van der Waals surface area contributed by atoms with Crippen LogP contribution in [0.4, 0.5) is 0 Å². The van der Waals surface area contributed by atoms with Gasteiger partial charge in [-0.3, -0.25) is 0 Å². The molecular weight excluding hydrogens is 328 g/mol. The van der Waals surface area contributed by atoms with Crippen LogP contribution in [0.25, 0.3) is 0 Å². The first-order valence-electron chi connectivity index (χ1n) is 6.74. The molecule has 0 aliphatic carbocycles. The van der Waals surface area contributed by atoms with Gasteiger partial charge in [0, 0.05) is 10.5 Å². The highest BCUT2D eigenvalue weighted by Gasteiger charge is 2.08. The Bertz CT molecular complexity index is 647. The fraction of sp³-hybridized carbons (Fsp3) is 0.235. The molecule has 2 aromatic rings. The lowest BCUT2D eigenvalue weighted by atomic mass is 10.1. The molecule has 0 fully saturated rings. The van der Waals surface area contributed by atoms with E-state index >= 15 is 0 Å². The Labute approximate surface area is 133 Å². The molecule has 0 aromatic heterocycles. The lowest BCUT2D eigenvalue weighted by Crippen LogP contribution is -2.12. The zero-order valence-electron chi connectivity index (χ0n) is 12.1. The lowest BCUT2D eigenvalue weighted by molar-refractivity contribution is 0.481. The first-order valence-corrected chi connectivity index (χ1v) is 7.54. The standard InChI is InChI=1S/C17H17BrN2O/c1-12(20-2)16-8-7-15(11-17(16)18)21-14-5-3-13(4-6-14)9-10-19/h3-8,11-12,20H,9H2,1-2H3. The summed E-state index contributed by atoms with van der Waals surface area (Å²) in [6.07, 6.45) is 0.419. The SMILES string of the molecule is CNC(C)c1ccc(Oc2ccc(CC#N)cc2)cc1Br. The Balaban J connectivity index is 2.13. The highest BCUT2D eigenvalue weighted by molar-refractivity contribution is 9.10. The molecular formula is C17H17BrN2O. The molecule has 0 aliphatic rings. The van der Waals surface area contributed by atoms with E-state index in [4.69, 9.17) is 10.00 Å². The Morgan fingerprint density at radius 2 is 1.86 bits per heavy atom. The molecule has 21 heavy (non-hydrogen) atoms. The van der Waals surface area contributed by atoms with Gasteiger partial charge in [0.2, 0.25) is 0 Å². The van der Waals surface area contributed by atoms with Crippen molar-refractivity contribution in [1.82, 2.24) is 5.32 Å². The van der Waals surface area contributed by atoms with Gasteiger partial charge in [0.15, 0.2) is 0 Å². The van der Waals surface area contributed by atoms with Gasteiger partial charge in [-0.1, -0.05) is 34.1 Å². The van der Waals surface area contributed by atoms with Gasteiger partial charge in [-0.05, 0) is 49.4 Å². The predicted molar refractivity (Wildman–Crippen MR) is 87.4 cm³/mol. The first-order chi connectivity index (χ1) is 10.1. The van der Waals surface area contributed by atoms with Gasteiger partial charge >= 0.3 is 0 Å². The molecule has 0 heterocycles. The zero-order valence-corrected chi connectivity index (χ0v) is 13.6. The summed E-state index contributed by atoms with van der Waals surface area (Å²) in [4.78, 5) is 0. The molecule has 1 unspecified atom stereocenters. The Morgan fingerprint density at radius 3 is 2.43 bits per heavy atom. The molecule has 0 amide bonds. The summed E-state index contributed by atoms with van der Waals surface area (Å²) in [5, 5.41) is 11.9. The van der Waals surface area contributed by atoms with Crippen molar-refractivity contribution >= 4 is 15.9 Å². The summed E-state index contributed by atoms with van der Waals surface area (Å²) >= 11 is 3.58. The van der Waals surface area contributed by atoms with Gasteiger partial charge in [-0.15, -0.1) is 0 Å². The minimum absolute atomic E-state index is 0.277. The smallest absolute Gasteiger partial charge is 0.128 e. The van der Waals surface area contributed by atoms with Gasteiger partial charge in [0.1, 0.15) is 11.5 Å². The van der Waals surface area contributed by atoms with E-state index in [2.05, 4.69) is 34.2 Å². The third-order valence-electron chi connectivity index (χ3n) is 3.31. The van der Waals surface area contributed by atoms with E-state index in [1.54, 1.807) is 0 Å². The number of nitrogens with zero attached hydrogens (tertiary/aromatic N) is 1. The molecule has 1 atom stereocenters. The van der Waals surface area contributed by atoms with Crippen LogP contribution in [-0.2, 0) is 6.42 Å². The topological polar surface area (TPSA) is 45.0 Å². The van der Waals surface area contributed by atoms with Gasteiger partial charge in [0.05, 0.1) is 12.5 Å². The maximum Gasteiger partial charge on any atom is 0.128 e. The number of nitrogens with one attached hydrogen (secondary N) is 1. The van der Waals surface area contributed by atoms with Crippen LogP contribution in [0, 0.1) is 11.3 Å². The number of nitriles is 1. The largest absolute Gasteiger partial charge is 0.457 e. The van der Waals surface area contributed by atoms with Crippen molar-refractivity contribution in [2.24, 2.45) is 0 Å². The molecule has 0 saturated carbocycles. The molecule has 108 valence electrons. The minimum Gasteiger partial charge on any atom is -0.457 e. The van der Waals surface area contributed by atoms with Crippen LogP contribution in [0.5, 0.6) is 11.5 Å². The average Bonchev–Trinajstić information content (AvgIpc) is 2.49. The summed E-state index contributed by atoms with van der Waals surface area (Å²) in [6, 6.07) is 15.9. The predicted octanol–water partition coefficient (Wildman–Crippen LogP) is 4.59. The van der Waals surface area contributed by atoms with Gasteiger partial charge in [-0.25, -0.2) is 0 Å². The second kappa shape index (κ2) is 7.26. The fourth-order valence-corrected chi connectivity index (χ4v) is 2.68. The molecule has 0 bridgehead atoms. The summed E-state index contributed by atoms with van der Waals surface area (Å²) in [6.45, 7) is 2.11. The Hall–Kier alpha value is -1.83. The maximum absolute atomic E-state index is 8.65. The van der Waals surface area contributed by atoms with Crippen LogP contribution in [0.15, 0.2) is 46.9 Å². The van der Waals surface area contributed by atoms with E-state index in [0.717, 1.165) is 21.5 Å². The van der Waals surface area contributed by atoms with Crippen molar-refractivity contribution in [1.29, 1.82) is 5.26 Å². The minimum atomic E-state index is 0.277. The van der Waals surface area contributed by atoms with E-state index in [9.17, 15) is 0 Å². The molecule has 2 aromatic carbocycles. The van der Waals surface area contributed by atoms with Crippen molar-refractivity contribution in [3.8, 4) is 17.6 Å². The van der Waals surface area contributed by atoms with Crippen molar-refractivity contribution in [3.63, 3.8) is 0 Å². The molecule has 1 N–H and O–H groups in total. The van der Waals surface area contributed by atoms with Crippen LogP contribution in [-0.4, -0.2) is 7.05 Å². The molecule has 0 spiro atoms. The van der Waals surface area contributed by atoms with E-state index in [1.807, 2.05) is 49.5 Å². The summed E-state index contributed by atoms with van der Waals surface area (Å²) in [5.74, 6) is 1.54. The van der Waals surface area contributed by atoms with E-state index < -0.39 is 0 Å². The van der Waals surface area contributed by atoms with Crippen LogP contribution in [0.1, 0.15) is 24.1 Å². The summed E-state index contributed by atoms with van der Waals surface area (Å²) < 4.78 is 6.84. The van der Waals surface area contributed by atoms with Crippen molar-refractivity contribution < 1.29 is 4.74 Å². The highest BCUT2D eigenvalue weighted by atomic mass is 79.9. The molecule has 3 nitrogen and oxygen atoms in total. The average molecular weight is 345 g/mol. The van der Waals surface area contributed by atoms with Crippen molar-refractivity contribution in [2.75, 3.05) is 7.05 Å². The van der Waals surface area contributed by atoms with Crippen molar-refractivity contribution in [2.45, 2.75) is 19.4 Å². The third kappa shape index (κ3) is 4.07. The molecule has 2 rings (SSSR count). The molecule has 0 radical (unpaired) electrons. The normalized spacial score (nSPS) is 11.7. The molecule has 0 saturated heterocycles. The Kier molecular flexibility index (Phi) is 5.38. The maximum atomic E-state index is 8.65. The number of hydrogen-bond donors (Lipinski definition) is 1. The third-order valence-corrected chi connectivity index (χ3v) is 4.00. The second-order valence-electron chi connectivity index (χ2n) is 4.77. The highest BCUT2D eigenvalue weighted by Crippen LogP contribution is 2.30. The van der Waals surface area contributed by atoms with Gasteiger partial charge in [0.25, 0.3) is 0 Å². The molecule has 4 heteroatoms. The van der Waals surface area contributed by atoms with E-state index in [0.29, 0.717) is 6.42 Å². The second-order valence-corrected chi connectivity index (χ2v) is 5.63. The van der Waals surface area contributed by atoms with E-state index in [-0.39, 0.29) is 6.04 Å². The number of halogens is 1. The zero-order chi connectivity index (χ0) is 15.2. The quantitative estimate of drug-likeness (QED) is 0.862. The van der Waals surface area contributed by atoms with Gasteiger partial charge < -0.3 is 10.1 Å². The van der Waals surface area contributed by atoms with Crippen LogP contribution >= 0.6 is 15.9 Å². The number of ether oxygens (including phenoxy) is 1. The Morgan fingerprint density at radius 1 is 1.19 bits per heavy atom. The number of rotatable bonds is 5. The summed E-state index contributed by atoms with van der Waals surface area (Å²) in [7, 11) is 1.93. The lowest BCUT2D eigenvalue weighted by Gasteiger charge is -2.14. The van der Waals surface area contributed by atoms with Gasteiger partial charge in [-0.2, -0.15) is 5.26 Å². The summed E-state index contributed by atoms with van der Waals surface area (Å²) in [5.41, 5.74) is 2.18. The first kappa shape index (κ1) is 15.6. The number of benzene rings is 2. The van der Waals surface area contributed by atoms with Crippen LogP contribution < -0.4 is 10.1 Å². The fourth-order valence-electron chi connectivity index (χ4n) is 1.98.